The third-order valence-corrected chi connectivity index (χ3v) is 5.57. The zero-order valence-electron chi connectivity index (χ0n) is 17.1. The van der Waals surface area contributed by atoms with Gasteiger partial charge >= 0.3 is 0 Å². The normalized spacial score (nSPS) is 15.3. The molecule has 28 heavy (non-hydrogen) atoms. The van der Waals surface area contributed by atoms with E-state index in [1.54, 1.807) is 11.3 Å². The molecule has 1 saturated heterocycles. The maximum atomic E-state index is 4.65. The number of anilines is 1. The monoisotopic (exact) mass is 515 g/mol. The third kappa shape index (κ3) is 6.02. The van der Waals surface area contributed by atoms with Gasteiger partial charge in [-0.1, -0.05) is 6.07 Å². The summed E-state index contributed by atoms with van der Waals surface area (Å²) in [7, 11) is 6.02. The molecule has 0 amide bonds. The molecule has 3 heterocycles. The van der Waals surface area contributed by atoms with Gasteiger partial charge in [0.05, 0.1) is 17.2 Å². The minimum absolute atomic E-state index is 0. The molecule has 9 heteroatoms. The van der Waals surface area contributed by atoms with E-state index in [1.807, 2.05) is 33.3 Å². The standard InChI is InChI=1S/C19H29N7S.HI/c1-15-23-17(14-27-15)13-25(4)19(20-2)22-12-16-6-5-7-21-18(16)26-10-8-24(3)9-11-26;/h5-7,14H,8-13H2,1-4H3,(H,20,22);1H. The predicted molar refractivity (Wildman–Crippen MR) is 128 cm³/mol. The van der Waals surface area contributed by atoms with Crippen LogP contribution in [0.4, 0.5) is 5.82 Å². The highest BCUT2D eigenvalue weighted by molar-refractivity contribution is 14.0. The van der Waals surface area contributed by atoms with E-state index in [9.17, 15) is 0 Å². The van der Waals surface area contributed by atoms with Crippen LogP contribution >= 0.6 is 35.3 Å². The van der Waals surface area contributed by atoms with Crippen molar-refractivity contribution in [1.29, 1.82) is 0 Å². The second-order valence-corrected chi connectivity index (χ2v) is 7.95. The van der Waals surface area contributed by atoms with Crippen LogP contribution in [0.25, 0.3) is 0 Å². The Labute approximate surface area is 188 Å². The first-order valence-corrected chi connectivity index (χ1v) is 10.1. The molecule has 0 atom stereocenters. The van der Waals surface area contributed by atoms with Crippen molar-refractivity contribution in [3.8, 4) is 0 Å². The van der Waals surface area contributed by atoms with Gasteiger partial charge in [-0.25, -0.2) is 9.97 Å². The van der Waals surface area contributed by atoms with Crippen molar-refractivity contribution in [3.05, 3.63) is 40.0 Å². The molecule has 1 fully saturated rings. The Kier molecular flexibility index (Phi) is 8.90. The number of aliphatic imine (C=N–C) groups is 1. The number of nitrogens with one attached hydrogen (secondary N) is 1. The molecule has 154 valence electrons. The number of thiazole rings is 1. The highest BCUT2D eigenvalue weighted by Crippen LogP contribution is 2.18. The van der Waals surface area contributed by atoms with E-state index in [0.717, 1.165) is 55.2 Å². The van der Waals surface area contributed by atoms with Gasteiger partial charge < -0.3 is 20.0 Å². The van der Waals surface area contributed by atoms with Gasteiger partial charge in [-0.15, -0.1) is 35.3 Å². The number of likely N-dealkylation sites (N-methyl/N-ethyl adjacent to an activating group) is 1. The summed E-state index contributed by atoms with van der Waals surface area (Å²) in [5, 5.41) is 6.67. The van der Waals surface area contributed by atoms with E-state index < -0.39 is 0 Å². The van der Waals surface area contributed by atoms with Gasteiger partial charge in [-0.05, 0) is 20.0 Å². The lowest BCUT2D eigenvalue weighted by Gasteiger charge is -2.34. The minimum Gasteiger partial charge on any atom is -0.354 e. The summed E-state index contributed by atoms with van der Waals surface area (Å²) >= 11 is 1.68. The van der Waals surface area contributed by atoms with Crippen molar-refractivity contribution >= 4 is 47.1 Å². The minimum atomic E-state index is 0. The number of pyridine rings is 1. The first-order valence-electron chi connectivity index (χ1n) is 9.27. The van der Waals surface area contributed by atoms with Gasteiger partial charge in [0, 0.05) is 64.0 Å². The lowest BCUT2D eigenvalue weighted by Crippen LogP contribution is -2.45. The maximum absolute atomic E-state index is 4.65. The van der Waals surface area contributed by atoms with Crippen LogP contribution in [0.1, 0.15) is 16.3 Å². The molecule has 7 nitrogen and oxygen atoms in total. The van der Waals surface area contributed by atoms with Crippen molar-refractivity contribution in [2.45, 2.75) is 20.0 Å². The van der Waals surface area contributed by atoms with E-state index in [4.69, 9.17) is 0 Å². The van der Waals surface area contributed by atoms with Crippen molar-refractivity contribution in [1.82, 2.24) is 25.1 Å². The number of aromatic nitrogens is 2. The number of hydrogen-bond donors (Lipinski definition) is 1. The van der Waals surface area contributed by atoms with Gasteiger partial charge in [0.1, 0.15) is 5.82 Å². The van der Waals surface area contributed by atoms with E-state index in [-0.39, 0.29) is 24.0 Å². The molecule has 0 aliphatic carbocycles. The molecule has 2 aromatic rings. The second-order valence-electron chi connectivity index (χ2n) is 6.89. The highest BCUT2D eigenvalue weighted by atomic mass is 127. The number of nitrogens with zero attached hydrogens (tertiary/aromatic N) is 6. The quantitative estimate of drug-likeness (QED) is 0.375. The summed E-state index contributed by atoms with van der Waals surface area (Å²) in [6.07, 6.45) is 1.88. The number of guanidine groups is 1. The molecule has 0 aromatic carbocycles. The van der Waals surface area contributed by atoms with Gasteiger partial charge in [0.25, 0.3) is 0 Å². The Hall–Kier alpha value is -1.46. The Morgan fingerprint density at radius 2 is 2.07 bits per heavy atom. The third-order valence-electron chi connectivity index (χ3n) is 4.75. The number of rotatable bonds is 5. The van der Waals surface area contributed by atoms with Gasteiger partial charge in [-0.3, -0.25) is 4.99 Å². The molecule has 0 bridgehead atoms. The summed E-state index contributed by atoms with van der Waals surface area (Å²) in [5.41, 5.74) is 2.27. The van der Waals surface area contributed by atoms with Gasteiger partial charge in [0.2, 0.25) is 0 Å². The lowest BCUT2D eigenvalue weighted by molar-refractivity contribution is 0.311. The summed E-state index contributed by atoms with van der Waals surface area (Å²) in [4.78, 5) is 20.4. The first-order chi connectivity index (χ1) is 13.1. The van der Waals surface area contributed by atoms with E-state index in [1.165, 1.54) is 5.56 Å². The van der Waals surface area contributed by atoms with Crippen LogP contribution in [-0.2, 0) is 13.1 Å². The van der Waals surface area contributed by atoms with Crippen LogP contribution in [0.2, 0.25) is 0 Å². The van der Waals surface area contributed by atoms with Crippen LogP contribution in [0, 0.1) is 6.92 Å². The van der Waals surface area contributed by atoms with E-state index in [0.29, 0.717) is 6.54 Å². The summed E-state index contributed by atoms with van der Waals surface area (Å²) < 4.78 is 0. The second kappa shape index (κ2) is 10.9. The molecular weight excluding hydrogens is 485 g/mol. The fourth-order valence-electron chi connectivity index (χ4n) is 3.23. The maximum Gasteiger partial charge on any atom is 0.194 e. The lowest BCUT2D eigenvalue weighted by atomic mass is 10.2. The summed E-state index contributed by atoms with van der Waals surface area (Å²) in [6.45, 7) is 7.63. The van der Waals surface area contributed by atoms with E-state index >= 15 is 0 Å². The Morgan fingerprint density at radius 1 is 1.32 bits per heavy atom. The zero-order chi connectivity index (χ0) is 19.2. The van der Waals surface area contributed by atoms with Gasteiger partial charge in [-0.2, -0.15) is 0 Å². The molecule has 0 unspecified atom stereocenters. The summed E-state index contributed by atoms with van der Waals surface area (Å²) in [6, 6.07) is 4.14. The van der Waals surface area contributed by atoms with Crippen LogP contribution < -0.4 is 10.2 Å². The molecule has 0 saturated carbocycles. The molecular formula is C19H30IN7S. The SMILES string of the molecule is CN=C(NCc1cccnc1N1CCN(C)CC1)N(C)Cc1csc(C)n1.I. The average molecular weight is 515 g/mol. The molecule has 0 spiro atoms. The molecule has 3 rings (SSSR count). The Balaban J connectivity index is 0.00000280. The Bertz CT molecular complexity index is 771. The van der Waals surface area contributed by atoms with Crippen LogP contribution in [-0.4, -0.2) is 73.0 Å². The Morgan fingerprint density at radius 3 is 2.71 bits per heavy atom. The average Bonchev–Trinajstić information content (AvgIpc) is 3.08. The van der Waals surface area contributed by atoms with Crippen LogP contribution in [0.3, 0.4) is 0 Å². The molecule has 1 N–H and O–H groups in total. The smallest absolute Gasteiger partial charge is 0.194 e. The van der Waals surface area contributed by atoms with Crippen LogP contribution in [0.15, 0.2) is 28.7 Å². The fourth-order valence-corrected chi connectivity index (χ4v) is 3.83. The van der Waals surface area contributed by atoms with Crippen molar-refractivity contribution in [2.75, 3.05) is 52.2 Å². The fraction of sp³-hybridized carbons (Fsp3) is 0.526. The van der Waals surface area contributed by atoms with Gasteiger partial charge in [0.15, 0.2) is 5.96 Å². The number of piperazine rings is 1. The number of hydrogen-bond acceptors (Lipinski definition) is 6. The van der Waals surface area contributed by atoms with Crippen molar-refractivity contribution in [2.24, 2.45) is 4.99 Å². The summed E-state index contributed by atoms with van der Waals surface area (Å²) in [5.74, 6) is 1.93. The molecule has 1 aliphatic heterocycles. The number of halogens is 1. The predicted octanol–water partition coefficient (Wildman–Crippen LogP) is 2.42. The van der Waals surface area contributed by atoms with E-state index in [2.05, 4.69) is 53.5 Å². The molecule has 1 aliphatic rings. The largest absolute Gasteiger partial charge is 0.354 e. The topological polar surface area (TPSA) is 59.9 Å². The molecule has 0 radical (unpaired) electrons. The van der Waals surface area contributed by atoms with Crippen molar-refractivity contribution < 1.29 is 0 Å². The highest BCUT2D eigenvalue weighted by Gasteiger charge is 2.18. The van der Waals surface area contributed by atoms with Crippen LogP contribution in [0.5, 0.6) is 0 Å². The molecule has 2 aromatic heterocycles. The zero-order valence-corrected chi connectivity index (χ0v) is 20.2. The van der Waals surface area contributed by atoms with Crippen molar-refractivity contribution in [3.63, 3.8) is 0 Å². The number of aryl methyl sites for hydroxylation is 1. The first kappa shape index (κ1) is 22.8.